The molecule has 4 aromatic carbocycles. The molecule has 2 heterocycles. The van der Waals surface area contributed by atoms with Crippen LogP contribution >= 0.6 is 0 Å². The highest BCUT2D eigenvalue weighted by atomic mass is 32.2. The third-order valence-electron chi connectivity index (χ3n) is 5.21. The van der Waals surface area contributed by atoms with E-state index in [-0.39, 0.29) is 0 Å². The molecule has 37 heavy (non-hydrogen) atoms. The lowest BCUT2D eigenvalue weighted by molar-refractivity contribution is 0.0425. The Bertz CT molecular complexity index is 1410. The number of esters is 4. The quantitative estimate of drug-likeness (QED) is 0.283. The van der Waals surface area contributed by atoms with Crippen LogP contribution in [0.3, 0.4) is 0 Å². The third kappa shape index (κ3) is 5.52. The van der Waals surface area contributed by atoms with E-state index in [0.717, 1.165) is 0 Å². The molecule has 0 radical (unpaired) electrons. The molecular weight excluding hydrogens is 496 g/mol. The Labute approximate surface area is 212 Å². The molecule has 4 aromatic rings. The Balaban J connectivity index is 0.000000132. The number of rotatable bonds is 2. The molecule has 0 aliphatic carbocycles. The van der Waals surface area contributed by atoms with Crippen molar-refractivity contribution in [3.63, 3.8) is 0 Å². The van der Waals surface area contributed by atoms with Gasteiger partial charge in [-0.3, -0.25) is 0 Å². The van der Waals surface area contributed by atoms with E-state index >= 15 is 0 Å². The summed E-state index contributed by atoms with van der Waals surface area (Å²) in [7, 11) is -3.34. The number of carbonyl (C=O) groups excluding carboxylic acids is 4. The van der Waals surface area contributed by atoms with E-state index in [0.29, 0.717) is 32.0 Å². The van der Waals surface area contributed by atoms with Crippen molar-refractivity contribution in [3.05, 3.63) is 131 Å². The fourth-order valence-corrected chi connectivity index (χ4v) is 4.70. The summed E-state index contributed by atoms with van der Waals surface area (Å²) in [6, 6.07) is 29.9. The highest BCUT2D eigenvalue weighted by molar-refractivity contribution is 7.91. The van der Waals surface area contributed by atoms with Gasteiger partial charge in [0, 0.05) is 0 Å². The van der Waals surface area contributed by atoms with Crippen LogP contribution in [0, 0.1) is 0 Å². The second-order valence-electron chi connectivity index (χ2n) is 7.57. The first-order chi connectivity index (χ1) is 17.8. The lowest BCUT2D eigenvalue weighted by atomic mass is 10.1. The molecule has 0 atom stereocenters. The summed E-state index contributed by atoms with van der Waals surface area (Å²) in [5, 5.41) is 0. The van der Waals surface area contributed by atoms with Gasteiger partial charge in [0.25, 0.3) is 0 Å². The number of cyclic esters (lactones) is 4. The zero-order valence-corrected chi connectivity index (χ0v) is 19.9. The molecule has 2 aliphatic rings. The van der Waals surface area contributed by atoms with Gasteiger partial charge in [-0.15, -0.1) is 0 Å². The second-order valence-corrected chi connectivity index (χ2v) is 9.52. The molecule has 0 saturated carbocycles. The molecule has 0 amide bonds. The van der Waals surface area contributed by atoms with Crippen molar-refractivity contribution in [2.45, 2.75) is 9.79 Å². The average molecular weight is 515 g/mol. The molecule has 0 fully saturated rings. The monoisotopic (exact) mass is 514 g/mol. The van der Waals surface area contributed by atoms with E-state index < -0.39 is 33.7 Å². The Hall–Kier alpha value is -4.89. The summed E-state index contributed by atoms with van der Waals surface area (Å²) in [4.78, 5) is 44.0. The summed E-state index contributed by atoms with van der Waals surface area (Å²) in [5.74, 6) is -2.20. The van der Waals surface area contributed by atoms with Crippen molar-refractivity contribution in [2.75, 3.05) is 0 Å². The maximum absolute atomic E-state index is 12.0. The molecule has 2 aliphatic heterocycles. The number of benzene rings is 4. The minimum absolute atomic E-state index is 0.330. The van der Waals surface area contributed by atoms with Gasteiger partial charge >= 0.3 is 23.9 Å². The van der Waals surface area contributed by atoms with Crippen molar-refractivity contribution < 1.29 is 37.1 Å². The van der Waals surface area contributed by atoms with Crippen LogP contribution in [0.25, 0.3) is 0 Å². The van der Waals surface area contributed by atoms with E-state index in [4.69, 9.17) is 0 Å². The van der Waals surface area contributed by atoms with Crippen LogP contribution in [0.1, 0.15) is 41.4 Å². The molecule has 0 bridgehead atoms. The van der Waals surface area contributed by atoms with Crippen LogP contribution in [0.15, 0.2) is 119 Å². The zero-order chi connectivity index (χ0) is 26.4. The van der Waals surface area contributed by atoms with Crippen LogP contribution in [0.2, 0.25) is 0 Å². The lowest BCUT2D eigenvalue weighted by Gasteiger charge is -2.03. The SMILES string of the molecule is O=C1OC(=O)c2ccccc21.O=C1OC(=O)c2ccccc21.O=S(=O)(c1ccccc1)c1ccccc1. The van der Waals surface area contributed by atoms with Crippen LogP contribution in [0.5, 0.6) is 0 Å². The normalized spacial score (nSPS) is 13.2. The molecule has 0 spiro atoms. The van der Waals surface area contributed by atoms with E-state index in [1.807, 2.05) is 0 Å². The maximum Gasteiger partial charge on any atom is 0.346 e. The van der Waals surface area contributed by atoms with Gasteiger partial charge in [-0.2, -0.15) is 0 Å². The van der Waals surface area contributed by atoms with E-state index in [2.05, 4.69) is 9.47 Å². The summed E-state index contributed by atoms with van der Waals surface area (Å²) in [6.07, 6.45) is 0. The number of carbonyl (C=O) groups is 4. The summed E-state index contributed by atoms with van der Waals surface area (Å²) in [6.45, 7) is 0. The molecule has 0 unspecified atom stereocenters. The lowest BCUT2D eigenvalue weighted by Crippen LogP contribution is -2.00. The van der Waals surface area contributed by atoms with Gasteiger partial charge in [0.15, 0.2) is 0 Å². The average Bonchev–Trinajstić information content (AvgIpc) is 3.40. The van der Waals surface area contributed by atoms with E-state index in [1.165, 1.54) is 0 Å². The highest BCUT2D eigenvalue weighted by Crippen LogP contribution is 2.20. The zero-order valence-electron chi connectivity index (χ0n) is 19.1. The maximum atomic E-state index is 12.0. The van der Waals surface area contributed by atoms with Crippen molar-refractivity contribution in [1.29, 1.82) is 0 Å². The predicted octanol–water partition coefficient (Wildman–Crippen LogP) is 4.51. The fourth-order valence-electron chi connectivity index (χ4n) is 3.40. The number of hydrogen-bond acceptors (Lipinski definition) is 8. The Morgan fingerprint density at radius 2 is 0.622 bits per heavy atom. The second kappa shape index (κ2) is 10.8. The number of fused-ring (bicyclic) bond motifs is 2. The smallest absolute Gasteiger partial charge is 0.346 e. The molecule has 0 aromatic heterocycles. The predicted molar refractivity (Wildman–Crippen MR) is 131 cm³/mol. The summed E-state index contributed by atoms with van der Waals surface area (Å²) in [5.41, 5.74) is 1.44. The first-order valence-electron chi connectivity index (χ1n) is 10.9. The fraction of sp³-hybridized carbons (Fsp3) is 0. The Morgan fingerprint density at radius 3 is 0.892 bits per heavy atom. The van der Waals surface area contributed by atoms with Gasteiger partial charge in [-0.1, -0.05) is 60.7 Å². The molecule has 184 valence electrons. The molecule has 0 saturated heterocycles. The van der Waals surface area contributed by atoms with Gasteiger partial charge in [-0.25, -0.2) is 27.6 Å². The van der Waals surface area contributed by atoms with E-state index in [1.54, 1.807) is 109 Å². The van der Waals surface area contributed by atoms with E-state index in [9.17, 15) is 27.6 Å². The molecule has 0 N–H and O–H groups in total. The van der Waals surface area contributed by atoms with Gasteiger partial charge in [-0.05, 0) is 48.5 Å². The van der Waals surface area contributed by atoms with Gasteiger partial charge < -0.3 is 9.47 Å². The van der Waals surface area contributed by atoms with Crippen molar-refractivity contribution in [2.24, 2.45) is 0 Å². The van der Waals surface area contributed by atoms with Crippen molar-refractivity contribution >= 4 is 33.7 Å². The first-order valence-corrected chi connectivity index (χ1v) is 12.3. The Morgan fingerprint density at radius 1 is 0.378 bits per heavy atom. The minimum atomic E-state index is -3.34. The minimum Gasteiger partial charge on any atom is -0.386 e. The van der Waals surface area contributed by atoms with Gasteiger partial charge in [0.1, 0.15) is 0 Å². The first kappa shape index (κ1) is 25.2. The largest absolute Gasteiger partial charge is 0.386 e. The van der Waals surface area contributed by atoms with Crippen LogP contribution in [-0.4, -0.2) is 32.3 Å². The summed E-state index contributed by atoms with van der Waals surface area (Å²) >= 11 is 0. The van der Waals surface area contributed by atoms with Crippen molar-refractivity contribution in [1.82, 2.24) is 0 Å². The Kier molecular flexibility index (Phi) is 7.36. The van der Waals surface area contributed by atoms with Crippen LogP contribution < -0.4 is 0 Å². The van der Waals surface area contributed by atoms with Crippen LogP contribution in [0.4, 0.5) is 0 Å². The highest BCUT2D eigenvalue weighted by Gasteiger charge is 2.29. The molecular formula is C28H18O8S. The summed E-state index contributed by atoms with van der Waals surface area (Å²) < 4.78 is 32.8. The van der Waals surface area contributed by atoms with Gasteiger partial charge in [0.05, 0.1) is 32.0 Å². The van der Waals surface area contributed by atoms with Crippen molar-refractivity contribution in [3.8, 4) is 0 Å². The van der Waals surface area contributed by atoms with Gasteiger partial charge in [0.2, 0.25) is 9.84 Å². The number of hydrogen-bond donors (Lipinski definition) is 0. The number of ether oxygens (including phenoxy) is 2. The topological polar surface area (TPSA) is 121 Å². The standard InChI is InChI=1S/C12H10O2S.2C8H4O3/c13-15(14,11-7-3-1-4-8-11)12-9-5-2-6-10-12;2*9-7-5-3-1-2-4-6(5)8(10)11-7/h1-10H;2*1-4H. The third-order valence-corrected chi connectivity index (χ3v) is 7.00. The molecule has 8 nitrogen and oxygen atoms in total. The number of sulfone groups is 1. The van der Waals surface area contributed by atoms with Crippen LogP contribution in [-0.2, 0) is 19.3 Å². The molecule has 9 heteroatoms. The molecule has 6 rings (SSSR count).